The predicted octanol–water partition coefficient (Wildman–Crippen LogP) is 2.93. The molecule has 9 heteroatoms. The van der Waals surface area contributed by atoms with E-state index in [0.29, 0.717) is 16.9 Å². The van der Waals surface area contributed by atoms with Crippen LogP contribution >= 0.6 is 0 Å². The zero-order chi connectivity index (χ0) is 23.3. The van der Waals surface area contributed by atoms with Gasteiger partial charge in [0, 0.05) is 24.3 Å². The molecule has 2 amide bonds. The lowest BCUT2D eigenvalue weighted by molar-refractivity contribution is -0.151. The van der Waals surface area contributed by atoms with E-state index in [4.69, 9.17) is 9.47 Å². The van der Waals surface area contributed by atoms with Crippen molar-refractivity contribution in [2.24, 2.45) is 5.92 Å². The second kappa shape index (κ2) is 10.0. The summed E-state index contributed by atoms with van der Waals surface area (Å²) in [5.41, 5.74) is 1.27. The molecular weight excluding hydrogens is 419 g/mol. The minimum absolute atomic E-state index is 0.0461. The van der Waals surface area contributed by atoms with Gasteiger partial charge in [0.25, 0.3) is 5.91 Å². The third-order valence-corrected chi connectivity index (χ3v) is 4.69. The first kappa shape index (κ1) is 22.9. The fraction of sp³-hybridized carbons (Fsp3) is 0.304. The highest BCUT2D eigenvalue weighted by Crippen LogP contribution is 2.26. The maximum absolute atomic E-state index is 12.9. The first-order chi connectivity index (χ1) is 15.2. The van der Waals surface area contributed by atoms with Crippen LogP contribution in [0.3, 0.4) is 0 Å². The van der Waals surface area contributed by atoms with Crippen LogP contribution in [0, 0.1) is 11.7 Å². The topological polar surface area (TPSA) is 102 Å². The molecule has 0 unspecified atom stereocenters. The highest BCUT2D eigenvalue weighted by molar-refractivity contribution is 6.00. The van der Waals surface area contributed by atoms with Crippen LogP contribution in [-0.2, 0) is 23.9 Å². The Bertz CT molecular complexity index is 1000. The van der Waals surface area contributed by atoms with Gasteiger partial charge in [0.15, 0.2) is 6.61 Å². The molecule has 1 atom stereocenters. The Balaban J connectivity index is 1.52. The van der Waals surface area contributed by atoms with Crippen molar-refractivity contribution in [1.82, 2.24) is 0 Å². The Labute approximate surface area is 184 Å². The van der Waals surface area contributed by atoms with Gasteiger partial charge in [0.05, 0.1) is 17.6 Å². The molecule has 2 aromatic rings. The molecule has 0 aromatic heterocycles. The lowest BCUT2D eigenvalue weighted by Gasteiger charge is -2.17. The van der Waals surface area contributed by atoms with E-state index in [1.54, 1.807) is 38.1 Å². The molecule has 1 heterocycles. The van der Waals surface area contributed by atoms with Crippen LogP contribution in [0.5, 0.6) is 0 Å². The van der Waals surface area contributed by atoms with Gasteiger partial charge in [-0.05, 0) is 62.4 Å². The number of hydrogen-bond acceptors (Lipinski definition) is 6. The minimum atomic E-state index is -0.716. The maximum atomic E-state index is 12.9. The molecule has 1 aliphatic rings. The van der Waals surface area contributed by atoms with Crippen LogP contribution < -0.4 is 10.2 Å². The third-order valence-electron chi connectivity index (χ3n) is 4.69. The number of halogens is 1. The molecule has 8 nitrogen and oxygen atoms in total. The number of ether oxygens (including phenoxy) is 2. The van der Waals surface area contributed by atoms with Crippen molar-refractivity contribution in [3.05, 3.63) is 59.9 Å². The lowest BCUT2D eigenvalue weighted by atomic mass is 10.1. The van der Waals surface area contributed by atoms with E-state index < -0.39 is 36.2 Å². The van der Waals surface area contributed by atoms with Crippen LogP contribution in [0.1, 0.15) is 30.6 Å². The summed E-state index contributed by atoms with van der Waals surface area (Å²) >= 11 is 0. The van der Waals surface area contributed by atoms with Gasteiger partial charge >= 0.3 is 11.9 Å². The van der Waals surface area contributed by atoms with Gasteiger partial charge in [0.2, 0.25) is 5.91 Å². The van der Waals surface area contributed by atoms with Crippen LogP contribution in [0.4, 0.5) is 15.8 Å². The average Bonchev–Trinajstić information content (AvgIpc) is 3.15. The number of amides is 2. The number of nitrogens with zero attached hydrogens (tertiary/aromatic N) is 1. The summed E-state index contributed by atoms with van der Waals surface area (Å²) in [6.07, 6.45) is -0.290. The Hall–Kier alpha value is -3.75. The molecule has 0 bridgehead atoms. The molecular formula is C23H23FN2O6. The van der Waals surface area contributed by atoms with E-state index in [1.165, 1.54) is 29.2 Å². The van der Waals surface area contributed by atoms with Crippen molar-refractivity contribution < 1.29 is 33.0 Å². The number of nitrogens with one attached hydrogen (secondary N) is 1. The van der Waals surface area contributed by atoms with E-state index in [2.05, 4.69) is 5.32 Å². The first-order valence-electron chi connectivity index (χ1n) is 10.1. The van der Waals surface area contributed by atoms with E-state index in [-0.39, 0.29) is 25.0 Å². The maximum Gasteiger partial charge on any atom is 0.338 e. The van der Waals surface area contributed by atoms with E-state index >= 15 is 0 Å². The van der Waals surface area contributed by atoms with Gasteiger partial charge in [-0.15, -0.1) is 0 Å². The zero-order valence-corrected chi connectivity index (χ0v) is 17.7. The van der Waals surface area contributed by atoms with Crippen molar-refractivity contribution in [3.8, 4) is 0 Å². The summed E-state index contributed by atoms with van der Waals surface area (Å²) in [7, 11) is 0. The number of benzene rings is 2. The Kier molecular flexibility index (Phi) is 7.19. The van der Waals surface area contributed by atoms with E-state index in [1.807, 2.05) is 0 Å². The smallest absolute Gasteiger partial charge is 0.338 e. The van der Waals surface area contributed by atoms with Crippen LogP contribution in [0.25, 0.3) is 0 Å². The van der Waals surface area contributed by atoms with Gasteiger partial charge in [-0.3, -0.25) is 14.4 Å². The summed E-state index contributed by atoms with van der Waals surface area (Å²) in [6.45, 7) is 3.09. The van der Waals surface area contributed by atoms with Gasteiger partial charge in [-0.25, -0.2) is 9.18 Å². The highest BCUT2D eigenvalue weighted by atomic mass is 19.1. The summed E-state index contributed by atoms with van der Waals surface area (Å²) in [4.78, 5) is 50.0. The monoisotopic (exact) mass is 442 g/mol. The normalized spacial score (nSPS) is 15.6. The molecule has 168 valence electrons. The molecule has 32 heavy (non-hydrogen) atoms. The van der Waals surface area contributed by atoms with Crippen LogP contribution in [0.15, 0.2) is 48.5 Å². The number of carbonyl (C=O) groups is 4. The number of rotatable bonds is 7. The van der Waals surface area contributed by atoms with E-state index in [9.17, 15) is 23.6 Å². The fourth-order valence-electron chi connectivity index (χ4n) is 3.16. The van der Waals surface area contributed by atoms with Gasteiger partial charge in [-0.1, -0.05) is 0 Å². The molecule has 0 saturated carbocycles. The molecule has 1 fully saturated rings. The van der Waals surface area contributed by atoms with Crippen molar-refractivity contribution in [2.45, 2.75) is 26.4 Å². The van der Waals surface area contributed by atoms with Gasteiger partial charge in [0.1, 0.15) is 5.82 Å². The quantitative estimate of drug-likeness (QED) is 0.662. The second-order valence-electron chi connectivity index (χ2n) is 7.57. The lowest BCUT2D eigenvalue weighted by Crippen LogP contribution is -2.28. The van der Waals surface area contributed by atoms with Crippen LogP contribution in [0.2, 0.25) is 0 Å². The molecule has 1 saturated heterocycles. The van der Waals surface area contributed by atoms with Crippen molar-refractivity contribution in [1.29, 1.82) is 0 Å². The Morgan fingerprint density at radius 1 is 1.09 bits per heavy atom. The SMILES string of the molecule is CC(C)OC(=O)c1ccc(N2C[C@H](C(=O)OCC(=O)Nc3ccc(F)cc3)CC2=O)cc1. The third kappa shape index (κ3) is 5.90. The number of esters is 2. The fourth-order valence-corrected chi connectivity index (χ4v) is 3.16. The zero-order valence-electron chi connectivity index (χ0n) is 17.7. The molecule has 1 N–H and O–H groups in total. The molecule has 0 aliphatic carbocycles. The number of hydrogen-bond donors (Lipinski definition) is 1. The second-order valence-corrected chi connectivity index (χ2v) is 7.57. The first-order valence-corrected chi connectivity index (χ1v) is 10.1. The largest absolute Gasteiger partial charge is 0.459 e. The van der Waals surface area contributed by atoms with Gasteiger partial charge in [-0.2, -0.15) is 0 Å². The van der Waals surface area contributed by atoms with E-state index in [0.717, 1.165) is 0 Å². The summed E-state index contributed by atoms with van der Waals surface area (Å²) in [5.74, 6) is -3.11. The van der Waals surface area contributed by atoms with Crippen molar-refractivity contribution >= 4 is 35.1 Å². The van der Waals surface area contributed by atoms with Crippen molar-refractivity contribution in [2.75, 3.05) is 23.4 Å². The highest BCUT2D eigenvalue weighted by Gasteiger charge is 2.36. The average molecular weight is 442 g/mol. The number of carbonyl (C=O) groups excluding carboxylic acids is 4. The Morgan fingerprint density at radius 2 is 1.75 bits per heavy atom. The summed E-state index contributed by atoms with van der Waals surface area (Å²) in [6, 6.07) is 11.5. The standard InChI is InChI=1S/C23H23FN2O6/c1-14(2)32-23(30)15-3-9-19(10-4-15)26-12-16(11-21(26)28)22(29)31-13-20(27)25-18-7-5-17(24)6-8-18/h3-10,14,16H,11-13H2,1-2H3,(H,25,27)/t16-/m1/s1. The number of anilines is 2. The molecule has 3 rings (SSSR count). The molecule has 2 aromatic carbocycles. The predicted molar refractivity (Wildman–Crippen MR) is 113 cm³/mol. The molecule has 0 spiro atoms. The van der Waals surface area contributed by atoms with Crippen molar-refractivity contribution in [3.63, 3.8) is 0 Å². The minimum Gasteiger partial charge on any atom is -0.459 e. The summed E-state index contributed by atoms with van der Waals surface area (Å²) in [5, 5.41) is 2.49. The van der Waals surface area contributed by atoms with Gasteiger partial charge < -0.3 is 19.7 Å². The summed E-state index contributed by atoms with van der Waals surface area (Å²) < 4.78 is 23.1. The molecule has 0 radical (unpaired) electrons. The molecule has 1 aliphatic heterocycles. The van der Waals surface area contributed by atoms with Crippen LogP contribution in [-0.4, -0.2) is 43.0 Å². The Morgan fingerprint density at radius 3 is 2.38 bits per heavy atom.